The molecule has 1 saturated carbocycles. The van der Waals surface area contributed by atoms with Crippen molar-refractivity contribution in [1.29, 1.82) is 0 Å². The lowest BCUT2D eigenvalue weighted by molar-refractivity contribution is -0.150. The van der Waals surface area contributed by atoms with Crippen LogP contribution in [-0.4, -0.2) is 78.2 Å². The van der Waals surface area contributed by atoms with E-state index in [1.165, 1.54) is 30.0 Å². The molecule has 8 heteroatoms. The first-order valence-corrected chi connectivity index (χ1v) is 11.1. The zero-order valence-electron chi connectivity index (χ0n) is 17.5. The standard InChI is InChI=1S/C22H32N4O4/c27-20(15-25-8-2-1-3-21(25)28)23-11-19-14-26(22(29)16-30-19)13-18-6-9-24(10-7-18)12-17-4-5-17/h1-3,8,17-19H,4-7,9-16H2,(H,23,27). The maximum absolute atomic E-state index is 12.3. The first-order valence-electron chi connectivity index (χ1n) is 11.1. The van der Waals surface area contributed by atoms with Crippen molar-refractivity contribution in [2.24, 2.45) is 11.8 Å². The third-order valence-corrected chi connectivity index (χ3v) is 6.36. The highest BCUT2D eigenvalue weighted by molar-refractivity contribution is 5.78. The summed E-state index contributed by atoms with van der Waals surface area (Å²) in [6.45, 7) is 5.20. The average molecular weight is 417 g/mol. The van der Waals surface area contributed by atoms with E-state index < -0.39 is 0 Å². The molecule has 4 rings (SSSR count). The van der Waals surface area contributed by atoms with Crippen LogP contribution in [0.2, 0.25) is 0 Å². The van der Waals surface area contributed by atoms with E-state index in [1.807, 2.05) is 4.90 Å². The van der Waals surface area contributed by atoms with E-state index in [-0.39, 0.29) is 36.6 Å². The maximum Gasteiger partial charge on any atom is 0.250 e. The summed E-state index contributed by atoms with van der Waals surface area (Å²) >= 11 is 0. The van der Waals surface area contributed by atoms with Gasteiger partial charge < -0.3 is 24.4 Å². The second-order valence-corrected chi connectivity index (χ2v) is 8.89. The first-order chi connectivity index (χ1) is 14.6. The monoisotopic (exact) mass is 416 g/mol. The molecule has 1 aromatic heterocycles. The summed E-state index contributed by atoms with van der Waals surface area (Å²) in [5.74, 6) is 1.27. The fraction of sp³-hybridized carbons (Fsp3) is 0.682. The Morgan fingerprint density at radius 2 is 1.83 bits per heavy atom. The van der Waals surface area contributed by atoms with Gasteiger partial charge >= 0.3 is 0 Å². The summed E-state index contributed by atoms with van der Waals surface area (Å²) in [4.78, 5) is 40.7. The summed E-state index contributed by atoms with van der Waals surface area (Å²) in [5.41, 5.74) is -0.207. The van der Waals surface area contributed by atoms with Gasteiger partial charge in [-0.3, -0.25) is 14.4 Å². The van der Waals surface area contributed by atoms with Crippen LogP contribution in [0.4, 0.5) is 0 Å². The van der Waals surface area contributed by atoms with E-state index in [0.29, 0.717) is 19.0 Å². The van der Waals surface area contributed by atoms with Crippen LogP contribution >= 0.6 is 0 Å². The average Bonchev–Trinajstić information content (AvgIpc) is 3.56. The normalized spacial score (nSPS) is 23.5. The van der Waals surface area contributed by atoms with Crippen LogP contribution in [-0.2, 0) is 20.9 Å². The summed E-state index contributed by atoms with van der Waals surface area (Å²) in [5, 5.41) is 2.83. The van der Waals surface area contributed by atoms with Crippen LogP contribution in [0, 0.1) is 11.8 Å². The van der Waals surface area contributed by atoms with E-state index in [9.17, 15) is 14.4 Å². The molecule has 0 radical (unpaired) electrons. The van der Waals surface area contributed by atoms with Crippen molar-refractivity contribution in [1.82, 2.24) is 19.7 Å². The molecule has 2 aliphatic heterocycles. The highest BCUT2D eigenvalue weighted by Gasteiger charge is 2.31. The number of rotatable bonds is 8. The lowest BCUT2D eigenvalue weighted by Gasteiger charge is -2.38. The summed E-state index contributed by atoms with van der Waals surface area (Å²) in [6.07, 6.45) is 6.45. The molecule has 2 saturated heterocycles. The number of nitrogens with zero attached hydrogens (tertiary/aromatic N) is 3. The smallest absolute Gasteiger partial charge is 0.250 e. The molecular formula is C22H32N4O4. The molecule has 3 aliphatic rings. The minimum absolute atomic E-state index is 0.0194. The van der Waals surface area contributed by atoms with Crippen LogP contribution in [0.1, 0.15) is 25.7 Å². The zero-order valence-corrected chi connectivity index (χ0v) is 17.5. The van der Waals surface area contributed by atoms with Crippen LogP contribution in [0.15, 0.2) is 29.2 Å². The Kier molecular flexibility index (Phi) is 6.84. The molecule has 3 fully saturated rings. The Balaban J connectivity index is 1.19. The van der Waals surface area contributed by atoms with Gasteiger partial charge in [0.1, 0.15) is 13.2 Å². The topological polar surface area (TPSA) is 83.9 Å². The van der Waals surface area contributed by atoms with Gasteiger partial charge in [0.15, 0.2) is 0 Å². The van der Waals surface area contributed by atoms with Crippen molar-refractivity contribution in [2.45, 2.75) is 38.3 Å². The van der Waals surface area contributed by atoms with Crippen molar-refractivity contribution in [3.8, 4) is 0 Å². The number of amides is 2. The summed E-state index contributed by atoms with van der Waals surface area (Å²) in [7, 11) is 0. The molecular weight excluding hydrogens is 384 g/mol. The number of carbonyl (C=O) groups is 2. The predicted molar refractivity (Wildman–Crippen MR) is 112 cm³/mol. The van der Waals surface area contributed by atoms with E-state index in [1.54, 1.807) is 18.3 Å². The van der Waals surface area contributed by atoms with E-state index in [4.69, 9.17) is 4.74 Å². The molecule has 2 amide bonds. The number of likely N-dealkylation sites (tertiary alicyclic amines) is 1. The lowest BCUT2D eigenvalue weighted by atomic mass is 9.95. The Labute approximate surface area is 177 Å². The van der Waals surface area contributed by atoms with Crippen molar-refractivity contribution in [3.63, 3.8) is 0 Å². The molecule has 0 spiro atoms. The van der Waals surface area contributed by atoms with Gasteiger partial charge in [0.05, 0.1) is 6.10 Å². The Morgan fingerprint density at radius 3 is 2.57 bits per heavy atom. The van der Waals surface area contributed by atoms with E-state index in [0.717, 1.165) is 38.4 Å². The molecule has 0 aromatic carbocycles. The highest BCUT2D eigenvalue weighted by Crippen LogP contribution is 2.31. The fourth-order valence-corrected chi connectivity index (χ4v) is 4.34. The van der Waals surface area contributed by atoms with Crippen molar-refractivity contribution in [3.05, 3.63) is 34.7 Å². The van der Waals surface area contributed by atoms with Crippen molar-refractivity contribution < 1.29 is 14.3 Å². The van der Waals surface area contributed by atoms with E-state index in [2.05, 4.69) is 10.2 Å². The summed E-state index contributed by atoms with van der Waals surface area (Å²) in [6, 6.07) is 4.80. The molecule has 1 aromatic rings. The Hall–Kier alpha value is -2.19. The molecule has 1 atom stereocenters. The summed E-state index contributed by atoms with van der Waals surface area (Å²) < 4.78 is 6.98. The fourth-order valence-electron chi connectivity index (χ4n) is 4.34. The number of morpholine rings is 1. The first kappa shape index (κ1) is 21.1. The van der Waals surface area contributed by atoms with Crippen LogP contribution in [0.5, 0.6) is 0 Å². The van der Waals surface area contributed by atoms with Gasteiger partial charge in [0.2, 0.25) is 11.8 Å². The van der Waals surface area contributed by atoms with Crippen LogP contribution in [0.3, 0.4) is 0 Å². The van der Waals surface area contributed by atoms with Gasteiger partial charge in [0, 0.05) is 38.4 Å². The molecule has 1 unspecified atom stereocenters. The van der Waals surface area contributed by atoms with Gasteiger partial charge in [-0.1, -0.05) is 6.07 Å². The van der Waals surface area contributed by atoms with E-state index >= 15 is 0 Å². The second-order valence-electron chi connectivity index (χ2n) is 8.89. The predicted octanol–water partition coefficient (Wildman–Crippen LogP) is 0.314. The van der Waals surface area contributed by atoms with Crippen LogP contribution < -0.4 is 10.9 Å². The zero-order chi connectivity index (χ0) is 20.9. The van der Waals surface area contributed by atoms with Crippen LogP contribution in [0.25, 0.3) is 0 Å². The van der Waals surface area contributed by atoms with Gasteiger partial charge in [0.25, 0.3) is 5.56 Å². The second kappa shape index (κ2) is 9.75. The third-order valence-electron chi connectivity index (χ3n) is 6.36. The molecule has 3 heterocycles. The molecule has 1 aliphatic carbocycles. The number of aromatic nitrogens is 1. The Morgan fingerprint density at radius 1 is 1.07 bits per heavy atom. The molecule has 30 heavy (non-hydrogen) atoms. The molecule has 1 N–H and O–H groups in total. The third kappa shape index (κ3) is 5.92. The SMILES string of the molecule is O=C(Cn1ccccc1=O)NCC1CN(CC2CCN(CC3CC3)CC2)C(=O)CO1. The minimum Gasteiger partial charge on any atom is -0.365 e. The lowest BCUT2D eigenvalue weighted by Crippen LogP contribution is -2.52. The maximum atomic E-state index is 12.3. The largest absolute Gasteiger partial charge is 0.365 e. The van der Waals surface area contributed by atoms with Crippen molar-refractivity contribution >= 4 is 11.8 Å². The van der Waals surface area contributed by atoms with Crippen molar-refractivity contribution in [2.75, 3.05) is 45.9 Å². The highest BCUT2D eigenvalue weighted by atomic mass is 16.5. The number of nitrogens with one attached hydrogen (secondary N) is 1. The minimum atomic E-state index is -0.238. The van der Waals surface area contributed by atoms with Gasteiger partial charge in [-0.15, -0.1) is 0 Å². The number of hydrogen-bond acceptors (Lipinski definition) is 5. The number of pyridine rings is 1. The van der Waals surface area contributed by atoms with Gasteiger partial charge in [-0.25, -0.2) is 0 Å². The number of hydrogen-bond donors (Lipinski definition) is 1. The molecule has 164 valence electrons. The number of ether oxygens (including phenoxy) is 1. The quantitative estimate of drug-likeness (QED) is 0.660. The van der Waals surface area contributed by atoms with Gasteiger partial charge in [-0.2, -0.15) is 0 Å². The van der Waals surface area contributed by atoms with Gasteiger partial charge in [-0.05, 0) is 56.7 Å². The molecule has 8 nitrogen and oxygen atoms in total. The molecule has 0 bridgehead atoms. The Bertz CT molecular complexity index is 798. The number of carbonyl (C=O) groups excluding carboxylic acids is 2. The number of piperidine rings is 1.